The lowest BCUT2D eigenvalue weighted by Gasteiger charge is -2.45. The van der Waals surface area contributed by atoms with Crippen molar-refractivity contribution < 1.29 is 34.0 Å². The molecule has 0 unspecified atom stereocenters. The Balaban J connectivity index is 1.60. The Morgan fingerprint density at radius 2 is 1.76 bits per heavy atom. The van der Waals surface area contributed by atoms with E-state index in [1.165, 1.54) is 6.07 Å². The molecule has 1 aliphatic rings. The average molecular weight is 470 g/mol. The highest BCUT2D eigenvalue weighted by Gasteiger charge is 2.49. The number of amides is 1. The van der Waals surface area contributed by atoms with Crippen molar-refractivity contribution >= 4 is 28.3 Å². The molecular weight excluding hydrogens is 444 g/mol. The molecule has 10 heteroatoms. The Morgan fingerprint density at radius 1 is 1.09 bits per heavy atom. The molecule has 4 atom stereocenters. The van der Waals surface area contributed by atoms with Gasteiger partial charge in [0.05, 0.1) is 5.60 Å². The van der Waals surface area contributed by atoms with Crippen molar-refractivity contribution in [2.75, 3.05) is 11.1 Å². The summed E-state index contributed by atoms with van der Waals surface area (Å²) >= 11 is 0. The van der Waals surface area contributed by atoms with Crippen molar-refractivity contribution in [1.29, 1.82) is 0 Å². The molecule has 10 nitrogen and oxygen atoms in total. The zero-order chi connectivity index (χ0) is 24.8. The van der Waals surface area contributed by atoms with E-state index >= 15 is 0 Å². The van der Waals surface area contributed by atoms with Gasteiger partial charge in [-0.3, -0.25) is 4.79 Å². The van der Waals surface area contributed by atoms with Crippen molar-refractivity contribution in [2.24, 2.45) is 0 Å². The summed E-state index contributed by atoms with van der Waals surface area (Å²) in [7, 11) is 0. The number of rotatable bonds is 4. The van der Waals surface area contributed by atoms with E-state index in [-0.39, 0.29) is 17.0 Å². The minimum Gasteiger partial charge on any atom is -0.462 e. The molecule has 4 rings (SSSR count). The molecule has 1 fully saturated rings. The summed E-state index contributed by atoms with van der Waals surface area (Å²) in [6, 6.07) is 10.9. The molecule has 0 saturated carbocycles. The number of nitrogens with one attached hydrogen (secondary N) is 1. The van der Waals surface area contributed by atoms with Crippen LogP contribution >= 0.6 is 0 Å². The van der Waals surface area contributed by atoms with Gasteiger partial charge in [0.15, 0.2) is 0 Å². The molecule has 0 aliphatic carbocycles. The fraction of sp³-hybridized carbons (Fsp3) is 0.333. The smallest absolute Gasteiger partial charge is 0.360 e. The number of hydrogen-bond acceptors (Lipinski definition) is 9. The number of hydrogen-bond donors (Lipinski definition) is 5. The standard InChI is InChI=1S/C24H26N2O8/c1-11-16(32-23-18(28)17(27)20(29)24(2,3)34-23)9-6-13-10-15(22(31)33-19(11)13)26-21(30)12-4-7-14(25)8-5-12/h4-10,17-18,20,23,27-29H,25H2,1-3H3,(H,26,30)/t17-,18+,20+,23+/m0/s1. The van der Waals surface area contributed by atoms with Crippen molar-refractivity contribution in [1.82, 2.24) is 0 Å². The topological polar surface area (TPSA) is 164 Å². The van der Waals surface area contributed by atoms with Gasteiger partial charge >= 0.3 is 5.63 Å². The number of fused-ring (bicyclic) bond motifs is 1. The molecule has 2 heterocycles. The second-order valence-corrected chi connectivity index (χ2v) is 8.76. The first-order valence-electron chi connectivity index (χ1n) is 10.6. The lowest BCUT2D eigenvalue weighted by atomic mass is 9.90. The summed E-state index contributed by atoms with van der Waals surface area (Å²) in [5, 5.41) is 33.6. The Labute approximate surface area is 194 Å². The van der Waals surface area contributed by atoms with Crippen molar-refractivity contribution in [3.05, 3.63) is 64.0 Å². The predicted molar refractivity (Wildman–Crippen MR) is 124 cm³/mol. The fourth-order valence-electron chi connectivity index (χ4n) is 3.77. The molecule has 0 spiro atoms. The third-order valence-electron chi connectivity index (χ3n) is 5.85. The van der Waals surface area contributed by atoms with Crippen LogP contribution in [0.3, 0.4) is 0 Å². The normalized spacial score (nSPS) is 24.1. The zero-order valence-electron chi connectivity index (χ0n) is 18.8. The van der Waals surface area contributed by atoms with E-state index in [2.05, 4.69) is 5.32 Å². The Bertz CT molecular complexity index is 1280. The van der Waals surface area contributed by atoms with Gasteiger partial charge in [-0.15, -0.1) is 0 Å². The molecule has 6 N–H and O–H groups in total. The van der Waals surface area contributed by atoms with E-state index in [0.717, 1.165) is 0 Å². The first kappa shape index (κ1) is 23.7. The van der Waals surface area contributed by atoms with Crippen LogP contribution in [-0.2, 0) is 4.74 Å². The van der Waals surface area contributed by atoms with Crippen LogP contribution in [0.1, 0.15) is 29.8 Å². The molecule has 1 amide bonds. The van der Waals surface area contributed by atoms with Gasteiger partial charge in [-0.1, -0.05) is 0 Å². The summed E-state index contributed by atoms with van der Waals surface area (Å²) in [5.41, 5.74) is 5.17. The number of benzene rings is 2. The van der Waals surface area contributed by atoms with Gasteiger partial charge in [0.2, 0.25) is 6.29 Å². The maximum Gasteiger partial charge on any atom is 0.360 e. The van der Waals surface area contributed by atoms with Gasteiger partial charge in [-0.2, -0.15) is 0 Å². The number of aliphatic hydroxyl groups excluding tert-OH is 3. The number of nitrogen functional groups attached to an aromatic ring is 1. The predicted octanol–water partition coefficient (Wildman–Crippen LogP) is 1.53. The second-order valence-electron chi connectivity index (χ2n) is 8.76. The molecule has 0 bridgehead atoms. The quantitative estimate of drug-likeness (QED) is 0.281. The Morgan fingerprint density at radius 3 is 2.44 bits per heavy atom. The van der Waals surface area contributed by atoms with Crippen LogP contribution in [0.5, 0.6) is 5.75 Å². The van der Waals surface area contributed by atoms with Gasteiger partial charge in [-0.25, -0.2) is 4.79 Å². The lowest BCUT2D eigenvalue weighted by Crippen LogP contribution is -2.63. The Hall–Kier alpha value is -3.44. The van der Waals surface area contributed by atoms with Crippen LogP contribution in [0.15, 0.2) is 51.7 Å². The molecule has 3 aromatic rings. The molecule has 2 aromatic carbocycles. The number of ether oxygens (including phenoxy) is 2. The highest BCUT2D eigenvalue weighted by atomic mass is 16.7. The first-order valence-corrected chi connectivity index (χ1v) is 10.6. The van der Waals surface area contributed by atoms with Crippen LogP contribution in [0.4, 0.5) is 11.4 Å². The SMILES string of the molecule is Cc1c(O[C@@H]2OC(C)(C)[C@H](O)[C@@H](O)[C@H]2O)ccc2cc(NC(=O)c3ccc(N)cc3)c(=O)oc12. The van der Waals surface area contributed by atoms with Crippen molar-refractivity contribution in [3.8, 4) is 5.75 Å². The van der Waals surface area contributed by atoms with Gasteiger partial charge < -0.3 is 40.3 Å². The summed E-state index contributed by atoms with van der Waals surface area (Å²) in [6.07, 6.45) is -5.55. The molecular formula is C24H26N2O8. The number of aryl methyl sites for hydroxylation is 1. The highest BCUT2D eigenvalue weighted by molar-refractivity contribution is 6.05. The average Bonchev–Trinajstić information content (AvgIpc) is 2.79. The molecule has 1 aromatic heterocycles. The lowest BCUT2D eigenvalue weighted by molar-refractivity contribution is -0.301. The third kappa shape index (κ3) is 4.36. The van der Waals surface area contributed by atoms with Crippen LogP contribution in [0.25, 0.3) is 11.0 Å². The van der Waals surface area contributed by atoms with Crippen LogP contribution in [-0.4, -0.2) is 51.4 Å². The van der Waals surface area contributed by atoms with Crippen molar-refractivity contribution in [3.63, 3.8) is 0 Å². The molecule has 1 aliphatic heterocycles. The first-order chi connectivity index (χ1) is 16.0. The van der Waals surface area contributed by atoms with Crippen LogP contribution in [0, 0.1) is 6.92 Å². The Kier molecular flexibility index (Phi) is 6.09. The fourth-order valence-corrected chi connectivity index (χ4v) is 3.77. The zero-order valence-corrected chi connectivity index (χ0v) is 18.8. The monoisotopic (exact) mass is 470 g/mol. The molecule has 34 heavy (non-hydrogen) atoms. The minimum absolute atomic E-state index is 0.0349. The molecule has 180 valence electrons. The number of carbonyl (C=O) groups excluding carboxylic acids is 1. The van der Waals surface area contributed by atoms with E-state index in [4.69, 9.17) is 19.6 Å². The van der Waals surface area contributed by atoms with Gasteiger partial charge in [0.1, 0.15) is 35.3 Å². The van der Waals surface area contributed by atoms with E-state index in [9.17, 15) is 24.9 Å². The van der Waals surface area contributed by atoms with E-state index in [1.54, 1.807) is 57.2 Å². The number of aliphatic hydroxyl groups is 3. The summed E-state index contributed by atoms with van der Waals surface area (Å²) in [6.45, 7) is 4.78. The summed E-state index contributed by atoms with van der Waals surface area (Å²) < 4.78 is 16.9. The molecule has 1 saturated heterocycles. The maximum absolute atomic E-state index is 12.6. The van der Waals surface area contributed by atoms with Gasteiger partial charge in [0, 0.05) is 22.2 Å². The van der Waals surface area contributed by atoms with E-state index < -0.39 is 41.7 Å². The minimum atomic E-state index is -1.50. The maximum atomic E-state index is 12.6. The van der Waals surface area contributed by atoms with E-state index in [1.807, 2.05) is 0 Å². The summed E-state index contributed by atoms with van der Waals surface area (Å²) in [5.74, 6) is -0.243. The molecule has 0 radical (unpaired) electrons. The number of anilines is 2. The van der Waals surface area contributed by atoms with E-state index in [0.29, 0.717) is 22.2 Å². The largest absolute Gasteiger partial charge is 0.462 e. The van der Waals surface area contributed by atoms with Crippen LogP contribution < -0.4 is 21.4 Å². The second kappa shape index (κ2) is 8.73. The highest BCUT2D eigenvalue weighted by Crippen LogP contribution is 2.34. The summed E-state index contributed by atoms with van der Waals surface area (Å²) in [4.78, 5) is 25.0. The van der Waals surface area contributed by atoms with Crippen LogP contribution in [0.2, 0.25) is 0 Å². The number of carbonyl (C=O) groups is 1. The van der Waals surface area contributed by atoms with Gasteiger partial charge in [-0.05, 0) is 63.2 Å². The number of nitrogens with two attached hydrogens (primary N) is 1. The van der Waals surface area contributed by atoms with Gasteiger partial charge in [0.25, 0.3) is 5.91 Å². The third-order valence-corrected chi connectivity index (χ3v) is 5.85. The van der Waals surface area contributed by atoms with Crippen molar-refractivity contribution in [2.45, 2.75) is 51.0 Å².